The summed E-state index contributed by atoms with van der Waals surface area (Å²) in [5, 5.41) is 0. The Kier molecular flexibility index (Phi) is 4.21. The van der Waals surface area contributed by atoms with Crippen molar-refractivity contribution in [1.82, 2.24) is 0 Å². The molecule has 0 fully saturated rings. The zero-order valence-corrected chi connectivity index (χ0v) is 9.14. The van der Waals surface area contributed by atoms with Gasteiger partial charge >= 0.3 is 0 Å². The van der Waals surface area contributed by atoms with Crippen LogP contribution in [0.15, 0.2) is 18.2 Å². The van der Waals surface area contributed by atoms with Crippen molar-refractivity contribution in [1.29, 1.82) is 0 Å². The smallest absolute Gasteiger partial charge is 0.127 e. The van der Waals surface area contributed by atoms with Crippen molar-refractivity contribution < 1.29 is 9.13 Å². The summed E-state index contributed by atoms with van der Waals surface area (Å²) >= 11 is 5.62. The lowest BCUT2D eigenvalue weighted by Gasteiger charge is -2.13. The largest absolute Gasteiger partial charge is 0.491 e. The third kappa shape index (κ3) is 3.18. The predicted molar refractivity (Wildman–Crippen MR) is 56.3 cm³/mol. The molecule has 1 atom stereocenters. The lowest BCUT2D eigenvalue weighted by Crippen LogP contribution is -2.09. The summed E-state index contributed by atoms with van der Waals surface area (Å²) in [5.74, 6) is 0.547. The molecule has 0 aliphatic rings. The van der Waals surface area contributed by atoms with Crippen LogP contribution in [0, 0.1) is 5.82 Å². The lowest BCUT2D eigenvalue weighted by molar-refractivity contribution is 0.216. The summed E-state index contributed by atoms with van der Waals surface area (Å²) in [6.07, 6.45) is 0.993. The van der Waals surface area contributed by atoms with Crippen LogP contribution in [0.4, 0.5) is 4.39 Å². The van der Waals surface area contributed by atoms with E-state index in [1.54, 1.807) is 6.07 Å². The molecule has 3 heteroatoms. The minimum atomic E-state index is -0.304. The van der Waals surface area contributed by atoms with E-state index in [0.717, 1.165) is 12.0 Å². The Labute approximate surface area is 88.8 Å². The molecule has 14 heavy (non-hydrogen) atoms. The summed E-state index contributed by atoms with van der Waals surface area (Å²) in [6.45, 7) is 3.97. The van der Waals surface area contributed by atoms with Crippen LogP contribution in [0.25, 0.3) is 0 Å². The van der Waals surface area contributed by atoms with Crippen molar-refractivity contribution in [2.45, 2.75) is 32.3 Å². The van der Waals surface area contributed by atoms with Crippen molar-refractivity contribution in [3.05, 3.63) is 29.6 Å². The number of ether oxygens (including phenoxy) is 1. The summed E-state index contributed by atoms with van der Waals surface area (Å²) in [5.41, 5.74) is 0.741. The molecule has 0 saturated carbocycles. The van der Waals surface area contributed by atoms with Crippen LogP contribution < -0.4 is 4.74 Å². The van der Waals surface area contributed by atoms with Gasteiger partial charge in [0.25, 0.3) is 0 Å². The maximum Gasteiger partial charge on any atom is 0.127 e. The Balaban J connectivity index is 2.81. The number of alkyl halides is 1. The molecular formula is C11H14ClFO. The SMILES string of the molecule is CCC(C)Oc1cc(F)cc(CCl)c1. The van der Waals surface area contributed by atoms with Gasteiger partial charge in [-0.3, -0.25) is 0 Å². The van der Waals surface area contributed by atoms with Crippen LogP contribution in [0.2, 0.25) is 0 Å². The minimum absolute atomic E-state index is 0.0972. The monoisotopic (exact) mass is 216 g/mol. The van der Waals surface area contributed by atoms with Gasteiger partial charge in [-0.05, 0) is 31.0 Å². The van der Waals surface area contributed by atoms with E-state index in [1.165, 1.54) is 12.1 Å². The Morgan fingerprint density at radius 1 is 1.43 bits per heavy atom. The molecule has 0 heterocycles. The normalized spacial score (nSPS) is 12.6. The van der Waals surface area contributed by atoms with E-state index in [4.69, 9.17) is 16.3 Å². The van der Waals surface area contributed by atoms with E-state index in [9.17, 15) is 4.39 Å². The molecule has 0 aliphatic carbocycles. The zero-order valence-electron chi connectivity index (χ0n) is 8.39. The lowest BCUT2D eigenvalue weighted by atomic mass is 10.2. The fraction of sp³-hybridized carbons (Fsp3) is 0.455. The van der Waals surface area contributed by atoms with E-state index in [1.807, 2.05) is 13.8 Å². The molecule has 1 aromatic carbocycles. The molecule has 0 amide bonds. The predicted octanol–water partition coefficient (Wildman–Crippen LogP) is 3.74. The van der Waals surface area contributed by atoms with E-state index < -0.39 is 0 Å². The molecule has 1 nitrogen and oxygen atoms in total. The number of hydrogen-bond acceptors (Lipinski definition) is 1. The summed E-state index contributed by atoms with van der Waals surface area (Å²) in [6, 6.07) is 4.56. The van der Waals surface area contributed by atoms with Crippen LogP contribution in [-0.2, 0) is 5.88 Å². The second kappa shape index (κ2) is 5.20. The van der Waals surface area contributed by atoms with Crippen molar-refractivity contribution in [3.63, 3.8) is 0 Å². The van der Waals surface area contributed by atoms with Crippen LogP contribution in [0.5, 0.6) is 5.75 Å². The van der Waals surface area contributed by atoms with Crippen molar-refractivity contribution in [3.8, 4) is 5.75 Å². The highest BCUT2D eigenvalue weighted by atomic mass is 35.5. The number of benzene rings is 1. The molecule has 78 valence electrons. The van der Waals surface area contributed by atoms with Gasteiger partial charge in [-0.1, -0.05) is 6.92 Å². The van der Waals surface area contributed by atoms with Crippen molar-refractivity contribution >= 4 is 11.6 Å². The van der Waals surface area contributed by atoms with Gasteiger partial charge in [0.1, 0.15) is 11.6 Å². The Morgan fingerprint density at radius 3 is 2.71 bits per heavy atom. The first-order valence-corrected chi connectivity index (χ1v) is 5.21. The highest BCUT2D eigenvalue weighted by Crippen LogP contribution is 2.19. The second-order valence-corrected chi connectivity index (χ2v) is 3.53. The standard InChI is InChI=1S/C11H14ClFO/c1-3-8(2)14-11-5-9(7-12)4-10(13)6-11/h4-6,8H,3,7H2,1-2H3. The highest BCUT2D eigenvalue weighted by Gasteiger charge is 2.04. The van der Waals surface area contributed by atoms with E-state index >= 15 is 0 Å². The Morgan fingerprint density at radius 2 is 2.14 bits per heavy atom. The second-order valence-electron chi connectivity index (χ2n) is 3.27. The van der Waals surface area contributed by atoms with Gasteiger partial charge in [-0.25, -0.2) is 4.39 Å². The van der Waals surface area contributed by atoms with Gasteiger partial charge in [0.15, 0.2) is 0 Å². The molecular weight excluding hydrogens is 203 g/mol. The topological polar surface area (TPSA) is 9.23 Å². The van der Waals surface area contributed by atoms with Gasteiger partial charge in [0.05, 0.1) is 6.10 Å². The van der Waals surface area contributed by atoms with Crippen LogP contribution >= 0.6 is 11.6 Å². The molecule has 0 N–H and O–H groups in total. The molecule has 0 radical (unpaired) electrons. The van der Waals surface area contributed by atoms with E-state index in [2.05, 4.69) is 0 Å². The molecule has 1 aromatic rings. The third-order valence-electron chi connectivity index (χ3n) is 2.00. The van der Waals surface area contributed by atoms with Gasteiger partial charge in [-0.15, -0.1) is 11.6 Å². The van der Waals surface area contributed by atoms with E-state index in [0.29, 0.717) is 11.6 Å². The fourth-order valence-corrected chi connectivity index (χ4v) is 1.24. The summed E-state index contributed by atoms with van der Waals surface area (Å²) in [7, 11) is 0. The van der Waals surface area contributed by atoms with Crippen LogP contribution in [-0.4, -0.2) is 6.10 Å². The maximum absolute atomic E-state index is 13.0. The minimum Gasteiger partial charge on any atom is -0.491 e. The highest BCUT2D eigenvalue weighted by molar-refractivity contribution is 6.17. The van der Waals surface area contributed by atoms with Crippen molar-refractivity contribution in [2.24, 2.45) is 0 Å². The molecule has 0 aliphatic heterocycles. The zero-order chi connectivity index (χ0) is 10.6. The Hall–Kier alpha value is -0.760. The van der Waals surface area contributed by atoms with Crippen LogP contribution in [0.1, 0.15) is 25.8 Å². The first-order chi connectivity index (χ1) is 6.65. The summed E-state index contributed by atoms with van der Waals surface area (Å²) in [4.78, 5) is 0. The van der Waals surface area contributed by atoms with E-state index in [-0.39, 0.29) is 11.9 Å². The van der Waals surface area contributed by atoms with Gasteiger partial charge < -0.3 is 4.74 Å². The van der Waals surface area contributed by atoms with Gasteiger partial charge in [0.2, 0.25) is 0 Å². The Bertz CT molecular complexity index is 301. The number of rotatable bonds is 4. The number of hydrogen-bond donors (Lipinski definition) is 0. The average molecular weight is 217 g/mol. The first-order valence-electron chi connectivity index (χ1n) is 4.67. The van der Waals surface area contributed by atoms with Crippen molar-refractivity contribution in [2.75, 3.05) is 0 Å². The summed E-state index contributed by atoms with van der Waals surface area (Å²) < 4.78 is 18.5. The quantitative estimate of drug-likeness (QED) is 0.697. The third-order valence-corrected chi connectivity index (χ3v) is 2.31. The van der Waals surface area contributed by atoms with Gasteiger partial charge in [0, 0.05) is 11.9 Å². The first kappa shape index (κ1) is 11.3. The van der Waals surface area contributed by atoms with Crippen LogP contribution in [0.3, 0.4) is 0 Å². The fourth-order valence-electron chi connectivity index (χ4n) is 1.08. The molecule has 1 unspecified atom stereocenters. The average Bonchev–Trinajstić information content (AvgIpc) is 2.16. The molecule has 0 aromatic heterocycles. The van der Waals surface area contributed by atoms with Gasteiger partial charge in [-0.2, -0.15) is 0 Å². The molecule has 1 rings (SSSR count). The molecule has 0 bridgehead atoms. The molecule has 0 spiro atoms. The number of halogens is 2. The molecule has 0 saturated heterocycles. The maximum atomic E-state index is 13.0.